The fraction of sp³-hybridized carbons (Fsp3) is 0.375. The first-order valence-electron chi connectivity index (χ1n) is 7.09. The summed E-state index contributed by atoms with van der Waals surface area (Å²) in [5.74, 6) is 6.29. The largest absolute Gasteiger partial charge is 0.443 e. The number of carbonyl (C=O) groups is 1. The van der Waals surface area contributed by atoms with E-state index in [1.54, 1.807) is 43.9 Å². The molecule has 0 fully saturated rings. The molecule has 2 N–H and O–H groups in total. The van der Waals surface area contributed by atoms with Crippen LogP contribution in [-0.4, -0.2) is 38.5 Å². The SMILES string of the molecule is Cn1ccnc1SCCNC(=O)c1ccc(C#CC(C)(C)O)o1. The zero-order valence-electron chi connectivity index (χ0n) is 13.3. The molecule has 7 heteroatoms. The summed E-state index contributed by atoms with van der Waals surface area (Å²) in [5, 5.41) is 13.2. The average Bonchev–Trinajstić information content (AvgIpc) is 3.10. The minimum Gasteiger partial charge on any atom is -0.443 e. The fourth-order valence-corrected chi connectivity index (χ4v) is 2.41. The summed E-state index contributed by atoms with van der Waals surface area (Å²) >= 11 is 1.56. The Bertz CT molecular complexity index is 732. The Morgan fingerprint density at radius 1 is 1.52 bits per heavy atom. The molecule has 0 unspecified atom stereocenters. The van der Waals surface area contributed by atoms with Gasteiger partial charge in [0, 0.05) is 31.7 Å². The van der Waals surface area contributed by atoms with Crippen molar-refractivity contribution in [3.63, 3.8) is 0 Å². The zero-order chi connectivity index (χ0) is 16.9. The topological polar surface area (TPSA) is 80.3 Å². The molecular weight excluding hydrogens is 314 g/mol. The molecule has 0 saturated heterocycles. The van der Waals surface area contributed by atoms with Crippen molar-refractivity contribution in [2.45, 2.75) is 24.6 Å². The molecule has 0 aliphatic rings. The molecule has 0 aliphatic heterocycles. The second-order valence-corrected chi connectivity index (χ2v) is 6.46. The Labute approximate surface area is 139 Å². The van der Waals surface area contributed by atoms with Crippen LogP contribution in [-0.2, 0) is 7.05 Å². The Hall–Kier alpha value is -2.17. The summed E-state index contributed by atoms with van der Waals surface area (Å²) in [4.78, 5) is 16.1. The van der Waals surface area contributed by atoms with Gasteiger partial charge in [-0.15, -0.1) is 0 Å². The molecule has 0 saturated carbocycles. The molecule has 1 amide bonds. The van der Waals surface area contributed by atoms with Gasteiger partial charge in [0.2, 0.25) is 0 Å². The lowest BCUT2D eigenvalue weighted by Crippen LogP contribution is -2.25. The number of thioether (sulfide) groups is 1. The summed E-state index contributed by atoms with van der Waals surface area (Å²) in [6.45, 7) is 3.66. The van der Waals surface area contributed by atoms with Crippen molar-refractivity contribution in [3.05, 3.63) is 36.0 Å². The predicted octanol–water partition coefficient (Wildman–Crippen LogP) is 1.66. The van der Waals surface area contributed by atoms with E-state index in [-0.39, 0.29) is 11.7 Å². The van der Waals surface area contributed by atoms with Gasteiger partial charge in [-0.25, -0.2) is 4.98 Å². The van der Waals surface area contributed by atoms with Gasteiger partial charge in [-0.2, -0.15) is 0 Å². The molecule has 0 aliphatic carbocycles. The fourth-order valence-electron chi connectivity index (χ4n) is 1.63. The highest BCUT2D eigenvalue weighted by molar-refractivity contribution is 7.99. The molecular formula is C16H19N3O3S. The number of imidazole rings is 1. The summed E-state index contributed by atoms with van der Waals surface area (Å²) < 4.78 is 7.27. The molecule has 2 rings (SSSR count). The number of amides is 1. The quantitative estimate of drug-likeness (QED) is 0.494. The second-order valence-electron chi connectivity index (χ2n) is 5.40. The van der Waals surface area contributed by atoms with Crippen LogP contribution in [0.2, 0.25) is 0 Å². The van der Waals surface area contributed by atoms with Gasteiger partial charge in [0.1, 0.15) is 5.60 Å². The molecule has 0 spiro atoms. The van der Waals surface area contributed by atoms with Crippen LogP contribution in [0.15, 0.2) is 34.1 Å². The Morgan fingerprint density at radius 3 is 2.96 bits per heavy atom. The minimum atomic E-state index is -1.10. The summed E-state index contributed by atoms with van der Waals surface area (Å²) in [7, 11) is 1.92. The van der Waals surface area contributed by atoms with Gasteiger partial charge in [-0.3, -0.25) is 4.79 Å². The van der Waals surface area contributed by atoms with Gasteiger partial charge in [-0.1, -0.05) is 17.7 Å². The lowest BCUT2D eigenvalue weighted by Gasteiger charge is -2.05. The average molecular weight is 333 g/mol. The standard InChI is InChI=1S/C16H19N3O3S/c1-16(2,21)7-6-12-4-5-13(22-12)14(20)17-9-11-23-15-18-8-10-19(15)3/h4-5,8,10,21H,9,11H2,1-3H3,(H,17,20). The van der Waals surface area contributed by atoms with Crippen LogP contribution in [0.3, 0.4) is 0 Å². The number of furan rings is 1. The first-order valence-corrected chi connectivity index (χ1v) is 8.07. The van der Waals surface area contributed by atoms with Crippen LogP contribution in [0.25, 0.3) is 0 Å². The number of nitrogens with one attached hydrogen (secondary N) is 1. The van der Waals surface area contributed by atoms with Crippen LogP contribution < -0.4 is 5.32 Å². The predicted molar refractivity (Wildman–Crippen MR) is 88.1 cm³/mol. The molecule has 122 valence electrons. The van der Waals surface area contributed by atoms with Crippen molar-refractivity contribution in [2.75, 3.05) is 12.3 Å². The smallest absolute Gasteiger partial charge is 0.287 e. The van der Waals surface area contributed by atoms with E-state index >= 15 is 0 Å². The molecule has 23 heavy (non-hydrogen) atoms. The highest BCUT2D eigenvalue weighted by Crippen LogP contribution is 2.13. The van der Waals surface area contributed by atoms with Gasteiger partial charge in [0.25, 0.3) is 5.91 Å². The highest BCUT2D eigenvalue weighted by Gasteiger charge is 2.11. The van der Waals surface area contributed by atoms with Crippen molar-refractivity contribution in [1.29, 1.82) is 0 Å². The van der Waals surface area contributed by atoms with Crippen LogP contribution in [0, 0.1) is 11.8 Å². The first kappa shape index (κ1) is 17.2. The van der Waals surface area contributed by atoms with Crippen LogP contribution in [0.5, 0.6) is 0 Å². The molecule has 6 nitrogen and oxygen atoms in total. The van der Waals surface area contributed by atoms with Gasteiger partial charge >= 0.3 is 0 Å². The third-order valence-electron chi connectivity index (χ3n) is 2.72. The van der Waals surface area contributed by atoms with E-state index in [0.717, 1.165) is 5.16 Å². The molecule has 0 radical (unpaired) electrons. The van der Waals surface area contributed by atoms with Gasteiger partial charge in [0.05, 0.1) is 0 Å². The third-order valence-corrected chi connectivity index (χ3v) is 3.78. The maximum atomic E-state index is 12.0. The first-order chi connectivity index (χ1) is 10.8. The number of aliphatic hydroxyl groups is 1. The molecule has 0 aromatic carbocycles. The molecule has 2 aromatic rings. The Morgan fingerprint density at radius 2 is 2.30 bits per heavy atom. The summed E-state index contributed by atoms with van der Waals surface area (Å²) in [6.07, 6.45) is 3.61. The molecule has 0 atom stereocenters. The molecule has 2 heterocycles. The maximum Gasteiger partial charge on any atom is 0.287 e. The van der Waals surface area contributed by atoms with Crippen LogP contribution in [0.4, 0.5) is 0 Å². The number of carbonyl (C=O) groups excluding carboxylic acids is 1. The number of hydrogen-bond acceptors (Lipinski definition) is 5. The lowest BCUT2D eigenvalue weighted by atomic mass is 10.1. The summed E-state index contributed by atoms with van der Waals surface area (Å²) in [5.41, 5.74) is -1.10. The van der Waals surface area contributed by atoms with E-state index in [4.69, 9.17) is 4.42 Å². The Balaban J connectivity index is 1.81. The second kappa shape index (κ2) is 7.40. The van der Waals surface area contributed by atoms with E-state index in [1.165, 1.54) is 0 Å². The third kappa shape index (κ3) is 5.51. The number of aryl methyl sites for hydroxylation is 1. The maximum absolute atomic E-state index is 12.0. The number of aromatic nitrogens is 2. The normalized spacial score (nSPS) is 11.0. The van der Waals surface area contributed by atoms with E-state index in [9.17, 15) is 9.90 Å². The van der Waals surface area contributed by atoms with Crippen molar-refractivity contribution in [3.8, 4) is 11.8 Å². The van der Waals surface area contributed by atoms with E-state index in [0.29, 0.717) is 18.1 Å². The van der Waals surface area contributed by atoms with E-state index in [1.807, 2.05) is 17.8 Å². The van der Waals surface area contributed by atoms with Crippen molar-refractivity contribution in [2.24, 2.45) is 7.05 Å². The van der Waals surface area contributed by atoms with Crippen molar-refractivity contribution < 1.29 is 14.3 Å². The molecule has 2 aromatic heterocycles. The van der Waals surface area contributed by atoms with Crippen LogP contribution >= 0.6 is 11.8 Å². The van der Waals surface area contributed by atoms with Gasteiger partial charge in [-0.05, 0) is 31.9 Å². The zero-order valence-corrected chi connectivity index (χ0v) is 14.1. The van der Waals surface area contributed by atoms with Crippen molar-refractivity contribution >= 4 is 17.7 Å². The minimum absolute atomic E-state index is 0.201. The van der Waals surface area contributed by atoms with Gasteiger partial charge < -0.3 is 19.4 Å². The summed E-state index contributed by atoms with van der Waals surface area (Å²) in [6, 6.07) is 3.17. The number of rotatable bonds is 5. The van der Waals surface area contributed by atoms with E-state index < -0.39 is 5.60 Å². The van der Waals surface area contributed by atoms with Crippen LogP contribution in [0.1, 0.15) is 30.2 Å². The van der Waals surface area contributed by atoms with Crippen molar-refractivity contribution in [1.82, 2.24) is 14.9 Å². The molecule has 0 bridgehead atoms. The lowest BCUT2D eigenvalue weighted by molar-refractivity contribution is 0.0928. The highest BCUT2D eigenvalue weighted by atomic mass is 32.2. The van der Waals surface area contributed by atoms with E-state index in [2.05, 4.69) is 22.1 Å². The monoisotopic (exact) mass is 333 g/mol. The Kier molecular flexibility index (Phi) is 5.53. The van der Waals surface area contributed by atoms with Gasteiger partial charge in [0.15, 0.2) is 16.7 Å². The number of hydrogen-bond donors (Lipinski definition) is 2. The number of nitrogens with zero attached hydrogens (tertiary/aromatic N) is 2.